The molecule has 1 atom stereocenters. The van der Waals surface area contributed by atoms with Gasteiger partial charge in [-0.3, -0.25) is 0 Å². The fraction of sp³-hybridized carbons (Fsp3) is 1.00. The fourth-order valence-corrected chi connectivity index (χ4v) is 2.43. The molecule has 0 saturated heterocycles. The van der Waals surface area contributed by atoms with Crippen molar-refractivity contribution in [3.8, 4) is 0 Å². The molecule has 0 aromatic rings. The fourth-order valence-electron chi connectivity index (χ4n) is 1.18. The normalized spacial score (nSPS) is 14.6. The molecule has 0 saturated carbocycles. The minimum absolute atomic E-state index is 0.206. The first-order valence-corrected chi connectivity index (χ1v) is 6.05. The average molecular weight is 193 g/mol. The summed E-state index contributed by atoms with van der Waals surface area (Å²) >= 11 is 0. The third-order valence-corrected chi connectivity index (χ3v) is 4.07. The van der Waals surface area contributed by atoms with Gasteiger partial charge < -0.3 is 0 Å². The van der Waals surface area contributed by atoms with Crippen LogP contribution in [0.1, 0.15) is 39.5 Å². The van der Waals surface area contributed by atoms with Gasteiger partial charge in [-0.25, -0.2) is 13.1 Å². The van der Waals surface area contributed by atoms with Gasteiger partial charge in [0.1, 0.15) is 0 Å². The van der Waals surface area contributed by atoms with Crippen LogP contribution in [0.4, 0.5) is 0 Å². The third-order valence-electron chi connectivity index (χ3n) is 2.06. The molecule has 0 aromatic carbocycles. The Morgan fingerprint density at radius 1 is 1.33 bits per heavy atom. The maximum absolute atomic E-state index is 11.3. The van der Waals surface area contributed by atoms with Crippen molar-refractivity contribution in [2.45, 2.75) is 44.8 Å². The van der Waals surface area contributed by atoms with Gasteiger partial charge in [0.25, 0.3) is 0 Å². The highest BCUT2D eigenvalue weighted by atomic mass is 32.2. The average Bonchev–Trinajstić information content (AvgIpc) is 2.05. The Morgan fingerprint density at radius 3 is 2.25 bits per heavy atom. The summed E-state index contributed by atoms with van der Waals surface area (Å²) in [6.45, 7) is 3.98. The minimum atomic E-state index is -3.03. The molecule has 1 N–H and O–H groups in total. The second-order valence-corrected chi connectivity index (χ2v) is 5.09. The lowest BCUT2D eigenvalue weighted by Crippen LogP contribution is -2.31. The zero-order chi connectivity index (χ0) is 9.61. The van der Waals surface area contributed by atoms with Crippen molar-refractivity contribution in [3.63, 3.8) is 0 Å². The molecule has 0 aliphatic carbocycles. The topological polar surface area (TPSA) is 46.2 Å². The van der Waals surface area contributed by atoms with Gasteiger partial charge in [0, 0.05) is 0 Å². The van der Waals surface area contributed by atoms with Crippen molar-refractivity contribution in [2.24, 2.45) is 0 Å². The Morgan fingerprint density at radius 2 is 1.92 bits per heavy atom. The number of sulfonamides is 1. The van der Waals surface area contributed by atoms with Crippen LogP contribution in [0.25, 0.3) is 0 Å². The summed E-state index contributed by atoms with van der Waals surface area (Å²) in [5, 5.41) is -0.206. The molecule has 0 spiro atoms. The van der Waals surface area contributed by atoms with Gasteiger partial charge in [0.15, 0.2) is 0 Å². The van der Waals surface area contributed by atoms with Gasteiger partial charge in [-0.05, 0) is 19.9 Å². The first-order chi connectivity index (χ1) is 5.58. The molecular weight excluding hydrogens is 174 g/mol. The van der Waals surface area contributed by atoms with Crippen molar-refractivity contribution in [1.29, 1.82) is 0 Å². The van der Waals surface area contributed by atoms with Crippen molar-refractivity contribution in [2.75, 3.05) is 7.05 Å². The number of hydrogen-bond donors (Lipinski definition) is 1. The maximum atomic E-state index is 11.3. The molecule has 0 rings (SSSR count). The van der Waals surface area contributed by atoms with Crippen LogP contribution in [0.15, 0.2) is 0 Å². The quantitative estimate of drug-likeness (QED) is 0.695. The highest BCUT2D eigenvalue weighted by molar-refractivity contribution is 7.90. The molecule has 0 fully saturated rings. The lowest BCUT2D eigenvalue weighted by molar-refractivity contribution is 0.550. The SMILES string of the molecule is CCCCC(CC)S(=O)(=O)NC. The number of nitrogens with one attached hydrogen (secondary N) is 1. The van der Waals surface area contributed by atoms with Gasteiger partial charge in [0.05, 0.1) is 5.25 Å². The lowest BCUT2D eigenvalue weighted by Gasteiger charge is -2.13. The van der Waals surface area contributed by atoms with Crippen LogP contribution in [-0.4, -0.2) is 20.7 Å². The van der Waals surface area contributed by atoms with E-state index in [1.54, 1.807) is 0 Å². The second kappa shape index (κ2) is 5.54. The molecular formula is C8H19NO2S. The Kier molecular flexibility index (Phi) is 5.50. The first kappa shape index (κ1) is 11.9. The van der Waals surface area contributed by atoms with E-state index in [1.807, 2.05) is 6.92 Å². The monoisotopic (exact) mass is 193 g/mol. The standard InChI is InChI=1S/C8H19NO2S/c1-4-6-7-8(5-2)12(10,11)9-3/h8-9H,4-7H2,1-3H3. The summed E-state index contributed by atoms with van der Waals surface area (Å²) in [6, 6.07) is 0. The summed E-state index contributed by atoms with van der Waals surface area (Å²) in [6.07, 6.45) is 3.51. The summed E-state index contributed by atoms with van der Waals surface area (Å²) < 4.78 is 25.0. The highest BCUT2D eigenvalue weighted by Crippen LogP contribution is 2.11. The number of hydrogen-bond acceptors (Lipinski definition) is 2. The van der Waals surface area contributed by atoms with E-state index < -0.39 is 10.0 Å². The van der Waals surface area contributed by atoms with Crippen molar-refractivity contribution < 1.29 is 8.42 Å². The zero-order valence-electron chi connectivity index (χ0n) is 8.13. The molecule has 0 aliphatic heterocycles. The number of unbranched alkanes of at least 4 members (excludes halogenated alkanes) is 1. The molecule has 74 valence electrons. The van der Waals surface area contributed by atoms with E-state index in [9.17, 15) is 8.42 Å². The van der Waals surface area contributed by atoms with Crippen LogP contribution in [0.5, 0.6) is 0 Å². The molecule has 0 heterocycles. The van der Waals surface area contributed by atoms with E-state index in [0.717, 1.165) is 19.3 Å². The molecule has 0 radical (unpaired) electrons. The van der Waals surface area contributed by atoms with E-state index >= 15 is 0 Å². The van der Waals surface area contributed by atoms with Crippen molar-refractivity contribution in [1.82, 2.24) is 4.72 Å². The van der Waals surface area contributed by atoms with Gasteiger partial charge in [0.2, 0.25) is 10.0 Å². The summed E-state index contributed by atoms with van der Waals surface area (Å²) in [5.74, 6) is 0. The van der Waals surface area contributed by atoms with Crippen LogP contribution in [0.3, 0.4) is 0 Å². The molecule has 0 aromatic heterocycles. The predicted molar refractivity (Wildman–Crippen MR) is 51.6 cm³/mol. The lowest BCUT2D eigenvalue weighted by atomic mass is 10.2. The van der Waals surface area contributed by atoms with Gasteiger partial charge in [-0.1, -0.05) is 26.7 Å². The highest BCUT2D eigenvalue weighted by Gasteiger charge is 2.20. The number of rotatable bonds is 6. The molecule has 0 aliphatic rings. The smallest absolute Gasteiger partial charge is 0.214 e. The van der Waals surface area contributed by atoms with E-state index in [1.165, 1.54) is 7.05 Å². The molecule has 3 nitrogen and oxygen atoms in total. The van der Waals surface area contributed by atoms with Crippen LogP contribution in [0.2, 0.25) is 0 Å². The predicted octanol–water partition coefficient (Wildman–Crippen LogP) is 1.50. The summed E-state index contributed by atoms with van der Waals surface area (Å²) in [4.78, 5) is 0. The van der Waals surface area contributed by atoms with E-state index in [-0.39, 0.29) is 5.25 Å². The van der Waals surface area contributed by atoms with Gasteiger partial charge in [-0.15, -0.1) is 0 Å². The Bertz CT molecular complexity index is 199. The Hall–Kier alpha value is -0.0900. The largest absolute Gasteiger partial charge is 0.218 e. The second-order valence-electron chi connectivity index (χ2n) is 2.92. The van der Waals surface area contributed by atoms with Crippen molar-refractivity contribution in [3.05, 3.63) is 0 Å². The van der Waals surface area contributed by atoms with Crippen LogP contribution < -0.4 is 4.72 Å². The Balaban J connectivity index is 4.15. The molecule has 4 heteroatoms. The van der Waals surface area contributed by atoms with Crippen LogP contribution in [0, 0.1) is 0 Å². The summed E-state index contributed by atoms with van der Waals surface area (Å²) in [7, 11) is -1.56. The van der Waals surface area contributed by atoms with E-state index in [4.69, 9.17) is 0 Å². The van der Waals surface area contributed by atoms with Crippen LogP contribution in [-0.2, 0) is 10.0 Å². The Labute approximate surface area is 75.6 Å². The molecule has 1 unspecified atom stereocenters. The molecule has 0 bridgehead atoms. The van der Waals surface area contributed by atoms with Gasteiger partial charge >= 0.3 is 0 Å². The summed E-state index contributed by atoms with van der Waals surface area (Å²) in [5.41, 5.74) is 0. The molecule has 12 heavy (non-hydrogen) atoms. The van der Waals surface area contributed by atoms with E-state index in [2.05, 4.69) is 11.6 Å². The van der Waals surface area contributed by atoms with Crippen molar-refractivity contribution >= 4 is 10.0 Å². The van der Waals surface area contributed by atoms with E-state index in [0.29, 0.717) is 6.42 Å². The maximum Gasteiger partial charge on any atom is 0.214 e. The van der Waals surface area contributed by atoms with Crippen LogP contribution >= 0.6 is 0 Å². The molecule has 0 amide bonds. The first-order valence-electron chi connectivity index (χ1n) is 4.50. The van der Waals surface area contributed by atoms with Gasteiger partial charge in [-0.2, -0.15) is 0 Å². The minimum Gasteiger partial charge on any atom is -0.218 e. The third kappa shape index (κ3) is 3.54. The zero-order valence-corrected chi connectivity index (χ0v) is 8.95.